The van der Waals surface area contributed by atoms with Crippen LogP contribution in [0.15, 0.2) is 48.5 Å². The maximum absolute atomic E-state index is 12.7. The molecule has 4 rings (SSSR count). The molecule has 0 aliphatic carbocycles. The molecule has 2 aliphatic heterocycles. The first-order valence-electron chi connectivity index (χ1n) is 9.98. The standard InChI is InChI=1S/C22H23ClN4O4/c1-22(19(28)25-20(29)26-22)15-6-4-5-14(11-15)12-24-21(30)27-9-10-31-18(13-27)16-7-2-3-8-17(16)23/h2-8,11,18H,9-10,12-13H2,1H3,(H,24,30)(H2,25,26,28,29). The van der Waals surface area contributed by atoms with Gasteiger partial charge in [-0.05, 0) is 24.1 Å². The van der Waals surface area contributed by atoms with Crippen molar-refractivity contribution in [2.24, 2.45) is 0 Å². The van der Waals surface area contributed by atoms with Crippen LogP contribution in [0.2, 0.25) is 5.02 Å². The van der Waals surface area contributed by atoms with E-state index in [0.717, 1.165) is 11.1 Å². The zero-order chi connectivity index (χ0) is 22.0. The fourth-order valence-corrected chi connectivity index (χ4v) is 4.04. The van der Waals surface area contributed by atoms with Crippen molar-refractivity contribution in [3.05, 3.63) is 70.2 Å². The number of nitrogens with one attached hydrogen (secondary N) is 3. The van der Waals surface area contributed by atoms with E-state index in [2.05, 4.69) is 16.0 Å². The number of morpholine rings is 1. The molecule has 3 N–H and O–H groups in total. The zero-order valence-corrected chi connectivity index (χ0v) is 17.7. The number of benzene rings is 2. The Morgan fingerprint density at radius 2 is 2.06 bits per heavy atom. The largest absolute Gasteiger partial charge is 0.370 e. The second-order valence-electron chi connectivity index (χ2n) is 7.72. The molecule has 162 valence electrons. The molecular formula is C22H23ClN4O4. The van der Waals surface area contributed by atoms with Crippen LogP contribution in [0.1, 0.15) is 29.7 Å². The molecule has 2 aliphatic rings. The molecule has 2 fully saturated rings. The van der Waals surface area contributed by atoms with Gasteiger partial charge in [-0.1, -0.05) is 54.1 Å². The van der Waals surface area contributed by atoms with Gasteiger partial charge in [0, 0.05) is 23.7 Å². The summed E-state index contributed by atoms with van der Waals surface area (Å²) in [6.45, 7) is 3.24. The molecule has 0 bridgehead atoms. The first-order chi connectivity index (χ1) is 14.9. The second-order valence-corrected chi connectivity index (χ2v) is 8.13. The van der Waals surface area contributed by atoms with Crippen LogP contribution in [0.4, 0.5) is 9.59 Å². The summed E-state index contributed by atoms with van der Waals surface area (Å²) >= 11 is 6.27. The lowest BCUT2D eigenvalue weighted by Gasteiger charge is -2.33. The van der Waals surface area contributed by atoms with Crippen molar-refractivity contribution >= 4 is 29.6 Å². The van der Waals surface area contributed by atoms with Gasteiger partial charge in [-0.25, -0.2) is 9.59 Å². The summed E-state index contributed by atoms with van der Waals surface area (Å²) in [6.07, 6.45) is -0.277. The highest BCUT2D eigenvalue weighted by Gasteiger charge is 2.43. The highest BCUT2D eigenvalue weighted by atomic mass is 35.5. The molecule has 2 atom stereocenters. The van der Waals surface area contributed by atoms with Gasteiger partial charge in [-0.3, -0.25) is 10.1 Å². The first kappa shape index (κ1) is 21.1. The van der Waals surface area contributed by atoms with Crippen LogP contribution >= 0.6 is 11.6 Å². The summed E-state index contributed by atoms with van der Waals surface area (Å²) in [4.78, 5) is 38.2. The number of nitrogens with zero attached hydrogens (tertiary/aromatic N) is 1. The molecule has 0 aromatic heterocycles. The van der Waals surface area contributed by atoms with Crippen molar-refractivity contribution in [3.63, 3.8) is 0 Å². The number of amides is 5. The zero-order valence-electron chi connectivity index (χ0n) is 17.0. The molecule has 2 aromatic rings. The van der Waals surface area contributed by atoms with E-state index in [-0.39, 0.29) is 18.7 Å². The number of hydrogen-bond acceptors (Lipinski definition) is 4. The minimum atomic E-state index is -1.14. The smallest absolute Gasteiger partial charge is 0.322 e. The Hall–Kier alpha value is -3.10. The van der Waals surface area contributed by atoms with E-state index in [1.807, 2.05) is 24.3 Å². The Bertz CT molecular complexity index is 1030. The lowest BCUT2D eigenvalue weighted by Crippen LogP contribution is -2.47. The summed E-state index contributed by atoms with van der Waals surface area (Å²) in [5, 5.41) is 8.43. The molecule has 8 nitrogen and oxygen atoms in total. The molecule has 2 unspecified atom stereocenters. The maximum Gasteiger partial charge on any atom is 0.322 e. The van der Waals surface area contributed by atoms with E-state index < -0.39 is 17.5 Å². The van der Waals surface area contributed by atoms with Gasteiger partial charge < -0.3 is 20.3 Å². The molecule has 0 saturated carbocycles. The Morgan fingerprint density at radius 1 is 1.26 bits per heavy atom. The molecule has 0 spiro atoms. The number of carbonyl (C=O) groups excluding carboxylic acids is 3. The summed E-state index contributed by atoms with van der Waals surface area (Å²) in [5.41, 5.74) is 1.19. The Kier molecular flexibility index (Phi) is 5.84. The molecule has 2 heterocycles. The first-order valence-corrected chi connectivity index (χ1v) is 10.4. The molecule has 2 saturated heterocycles. The Morgan fingerprint density at radius 3 is 2.81 bits per heavy atom. The summed E-state index contributed by atoms with van der Waals surface area (Å²) in [7, 11) is 0. The topological polar surface area (TPSA) is 99.8 Å². The number of halogens is 1. The van der Waals surface area contributed by atoms with Crippen LogP contribution in [0.3, 0.4) is 0 Å². The van der Waals surface area contributed by atoms with Crippen LogP contribution < -0.4 is 16.0 Å². The number of urea groups is 2. The molecule has 0 radical (unpaired) electrons. The van der Waals surface area contributed by atoms with Gasteiger partial charge >= 0.3 is 12.1 Å². The van der Waals surface area contributed by atoms with E-state index in [1.54, 1.807) is 36.1 Å². The minimum Gasteiger partial charge on any atom is -0.370 e. The molecular weight excluding hydrogens is 420 g/mol. The molecule has 9 heteroatoms. The third kappa shape index (κ3) is 4.35. The summed E-state index contributed by atoms with van der Waals surface area (Å²) in [5.74, 6) is -0.405. The monoisotopic (exact) mass is 442 g/mol. The van der Waals surface area contributed by atoms with E-state index in [9.17, 15) is 14.4 Å². The van der Waals surface area contributed by atoms with E-state index in [0.29, 0.717) is 30.3 Å². The second kappa shape index (κ2) is 8.56. The van der Waals surface area contributed by atoms with Crippen LogP contribution in [-0.2, 0) is 21.6 Å². The minimum absolute atomic E-state index is 0.205. The van der Waals surface area contributed by atoms with Crippen molar-refractivity contribution in [3.8, 4) is 0 Å². The van der Waals surface area contributed by atoms with Crippen molar-refractivity contribution in [2.45, 2.75) is 25.1 Å². The van der Waals surface area contributed by atoms with Gasteiger partial charge in [0.25, 0.3) is 5.91 Å². The average molecular weight is 443 g/mol. The third-order valence-electron chi connectivity index (χ3n) is 5.60. The van der Waals surface area contributed by atoms with E-state index in [1.165, 1.54) is 0 Å². The normalized spacial score (nSPS) is 23.3. The number of carbonyl (C=O) groups is 3. The van der Waals surface area contributed by atoms with Crippen LogP contribution in [0.25, 0.3) is 0 Å². The van der Waals surface area contributed by atoms with Crippen LogP contribution in [-0.4, -0.2) is 42.6 Å². The number of rotatable bonds is 4. The van der Waals surface area contributed by atoms with Crippen molar-refractivity contribution in [1.82, 2.24) is 20.9 Å². The number of imide groups is 1. The van der Waals surface area contributed by atoms with Gasteiger partial charge in [-0.2, -0.15) is 0 Å². The highest BCUT2D eigenvalue weighted by molar-refractivity contribution is 6.31. The van der Waals surface area contributed by atoms with Gasteiger partial charge in [0.05, 0.1) is 13.2 Å². The van der Waals surface area contributed by atoms with Crippen molar-refractivity contribution in [2.75, 3.05) is 19.7 Å². The lowest BCUT2D eigenvalue weighted by molar-refractivity contribution is -0.123. The van der Waals surface area contributed by atoms with Crippen LogP contribution in [0, 0.1) is 0 Å². The maximum atomic E-state index is 12.7. The predicted octanol–water partition coefficient (Wildman–Crippen LogP) is 2.68. The van der Waals surface area contributed by atoms with Crippen LogP contribution in [0.5, 0.6) is 0 Å². The van der Waals surface area contributed by atoms with Gasteiger partial charge in [0.2, 0.25) is 0 Å². The van der Waals surface area contributed by atoms with E-state index in [4.69, 9.17) is 16.3 Å². The number of ether oxygens (including phenoxy) is 1. The van der Waals surface area contributed by atoms with Gasteiger partial charge in [0.15, 0.2) is 0 Å². The molecule has 2 aromatic carbocycles. The molecule has 5 amide bonds. The average Bonchev–Trinajstić information content (AvgIpc) is 3.05. The lowest BCUT2D eigenvalue weighted by atomic mass is 9.91. The number of hydrogen-bond donors (Lipinski definition) is 3. The quantitative estimate of drug-likeness (QED) is 0.634. The Balaban J connectivity index is 1.39. The van der Waals surface area contributed by atoms with Crippen molar-refractivity contribution in [1.29, 1.82) is 0 Å². The van der Waals surface area contributed by atoms with Gasteiger partial charge in [0.1, 0.15) is 11.6 Å². The van der Waals surface area contributed by atoms with Crippen molar-refractivity contribution < 1.29 is 19.1 Å². The van der Waals surface area contributed by atoms with Gasteiger partial charge in [-0.15, -0.1) is 0 Å². The predicted molar refractivity (Wildman–Crippen MR) is 114 cm³/mol. The highest BCUT2D eigenvalue weighted by Crippen LogP contribution is 2.28. The summed E-state index contributed by atoms with van der Waals surface area (Å²) in [6, 6.07) is 14.0. The van der Waals surface area contributed by atoms with E-state index >= 15 is 0 Å². The third-order valence-corrected chi connectivity index (χ3v) is 5.94. The Labute approximate surface area is 184 Å². The summed E-state index contributed by atoms with van der Waals surface area (Å²) < 4.78 is 5.81. The fraction of sp³-hybridized carbons (Fsp3) is 0.318. The fourth-order valence-electron chi connectivity index (χ4n) is 3.79. The SMILES string of the molecule is CC1(c2cccc(CNC(=O)N3CCOC(c4ccccc4Cl)C3)c2)NC(=O)NC1=O. The molecule has 31 heavy (non-hydrogen) atoms.